The van der Waals surface area contributed by atoms with Crippen LogP contribution in [-0.2, 0) is 14.0 Å². The first-order valence-corrected chi connectivity index (χ1v) is 8.07. The van der Waals surface area contributed by atoms with E-state index in [-0.39, 0.29) is 6.54 Å². The van der Waals surface area contributed by atoms with Crippen molar-refractivity contribution in [1.82, 2.24) is 10.6 Å². The van der Waals surface area contributed by atoms with Crippen LogP contribution in [0.25, 0.3) is 0 Å². The SMILES string of the molecule is C[Si](C)(C)OC(=O)NCC(=O)NCC(=O)O. The molecule has 0 aliphatic heterocycles. The van der Waals surface area contributed by atoms with Gasteiger partial charge in [-0.2, -0.15) is 0 Å². The smallest absolute Gasteiger partial charge is 0.394 e. The zero-order valence-corrected chi connectivity index (χ0v) is 10.5. The second-order valence-electron chi connectivity index (χ2n) is 4.03. The highest BCUT2D eigenvalue weighted by Crippen LogP contribution is 2.01. The summed E-state index contributed by atoms with van der Waals surface area (Å²) in [5.74, 6) is -1.71. The van der Waals surface area contributed by atoms with E-state index in [0.29, 0.717) is 0 Å². The summed E-state index contributed by atoms with van der Waals surface area (Å²) in [4.78, 5) is 32.2. The van der Waals surface area contributed by atoms with Gasteiger partial charge in [0.05, 0.1) is 6.54 Å². The molecule has 2 amide bonds. The number of carboxylic acid groups (broad SMARTS) is 1. The minimum Gasteiger partial charge on any atom is -0.504 e. The van der Waals surface area contributed by atoms with E-state index in [1.807, 2.05) is 19.6 Å². The average molecular weight is 248 g/mol. The molecule has 0 spiro atoms. The normalized spacial score (nSPS) is 10.4. The molecule has 0 aromatic heterocycles. The molecule has 16 heavy (non-hydrogen) atoms. The zero-order valence-electron chi connectivity index (χ0n) is 9.49. The summed E-state index contributed by atoms with van der Waals surface area (Å²) in [6.45, 7) is 4.73. The van der Waals surface area contributed by atoms with Crippen molar-refractivity contribution in [2.75, 3.05) is 13.1 Å². The third-order valence-electron chi connectivity index (χ3n) is 1.23. The van der Waals surface area contributed by atoms with Gasteiger partial charge in [-0.3, -0.25) is 9.59 Å². The van der Waals surface area contributed by atoms with E-state index in [1.165, 1.54) is 0 Å². The molecule has 0 heterocycles. The Balaban J connectivity index is 3.76. The van der Waals surface area contributed by atoms with E-state index < -0.39 is 32.8 Å². The van der Waals surface area contributed by atoms with Gasteiger partial charge in [-0.25, -0.2) is 4.79 Å². The molecule has 0 saturated heterocycles. The summed E-state index contributed by atoms with van der Waals surface area (Å²) >= 11 is 0. The highest BCUT2D eigenvalue weighted by Gasteiger charge is 2.20. The van der Waals surface area contributed by atoms with Crippen LogP contribution in [0.15, 0.2) is 0 Å². The molecule has 0 aromatic rings. The number of nitrogens with one attached hydrogen (secondary N) is 2. The Morgan fingerprint density at radius 1 is 1.12 bits per heavy atom. The molecule has 8 heteroatoms. The first kappa shape index (κ1) is 14.4. The standard InChI is InChI=1S/C8H16N2O5Si/c1-16(2,3)15-8(14)10-4-6(11)9-5-7(12)13/h4-5H2,1-3H3,(H,9,11)(H,10,14)(H,12,13). The van der Waals surface area contributed by atoms with Crippen LogP contribution in [0.3, 0.4) is 0 Å². The number of aliphatic carboxylic acids is 1. The van der Waals surface area contributed by atoms with E-state index >= 15 is 0 Å². The van der Waals surface area contributed by atoms with Crippen LogP contribution >= 0.6 is 0 Å². The zero-order chi connectivity index (χ0) is 12.8. The predicted octanol–water partition coefficient (Wildman–Crippen LogP) is -0.252. The molecule has 0 atom stereocenters. The monoisotopic (exact) mass is 248 g/mol. The number of hydrogen-bond donors (Lipinski definition) is 3. The van der Waals surface area contributed by atoms with E-state index in [1.54, 1.807) is 0 Å². The Labute approximate surface area is 94.3 Å². The highest BCUT2D eigenvalue weighted by molar-refractivity contribution is 6.71. The van der Waals surface area contributed by atoms with Gasteiger partial charge in [-0.05, 0) is 19.6 Å². The van der Waals surface area contributed by atoms with E-state index in [9.17, 15) is 14.4 Å². The lowest BCUT2D eigenvalue weighted by atomic mass is 10.5. The molecular weight excluding hydrogens is 232 g/mol. The molecule has 0 aliphatic carbocycles. The number of carbonyl (C=O) groups excluding carboxylic acids is 2. The summed E-state index contributed by atoms with van der Waals surface area (Å²) in [5.41, 5.74) is 0. The lowest BCUT2D eigenvalue weighted by Gasteiger charge is -2.17. The molecule has 0 saturated carbocycles. The summed E-state index contributed by atoms with van der Waals surface area (Å²) in [6, 6.07) is 0. The van der Waals surface area contributed by atoms with Crippen LogP contribution in [0.2, 0.25) is 19.6 Å². The van der Waals surface area contributed by atoms with Crippen molar-refractivity contribution in [1.29, 1.82) is 0 Å². The first-order chi connectivity index (χ1) is 7.20. The van der Waals surface area contributed by atoms with Gasteiger partial charge in [0.15, 0.2) is 0 Å². The van der Waals surface area contributed by atoms with Crippen LogP contribution in [-0.4, -0.2) is 44.5 Å². The van der Waals surface area contributed by atoms with Crippen LogP contribution in [0.1, 0.15) is 0 Å². The summed E-state index contributed by atoms with van der Waals surface area (Å²) in [5, 5.41) is 12.6. The molecule has 7 nitrogen and oxygen atoms in total. The van der Waals surface area contributed by atoms with Gasteiger partial charge in [-0.1, -0.05) is 0 Å². The Morgan fingerprint density at radius 2 is 1.69 bits per heavy atom. The Hall–Kier alpha value is -1.57. The van der Waals surface area contributed by atoms with Gasteiger partial charge in [-0.15, -0.1) is 0 Å². The van der Waals surface area contributed by atoms with Crippen molar-refractivity contribution >= 4 is 26.3 Å². The van der Waals surface area contributed by atoms with Crippen LogP contribution < -0.4 is 10.6 Å². The van der Waals surface area contributed by atoms with Crippen molar-refractivity contribution in [3.63, 3.8) is 0 Å². The fourth-order valence-corrected chi connectivity index (χ4v) is 1.33. The largest absolute Gasteiger partial charge is 0.504 e. The maximum atomic E-state index is 11.1. The summed E-state index contributed by atoms with van der Waals surface area (Å²) in [6.07, 6.45) is -0.662. The third kappa shape index (κ3) is 9.00. The quantitative estimate of drug-likeness (QED) is 0.582. The summed E-state index contributed by atoms with van der Waals surface area (Å²) in [7, 11) is -1.97. The van der Waals surface area contributed by atoms with Crippen LogP contribution in [0.4, 0.5) is 4.79 Å². The Bertz CT molecular complexity index is 287. The van der Waals surface area contributed by atoms with E-state index in [2.05, 4.69) is 10.6 Å². The number of carboxylic acids is 1. The molecule has 0 fully saturated rings. The summed E-state index contributed by atoms with van der Waals surface area (Å²) < 4.78 is 5.01. The minimum absolute atomic E-state index is 0.295. The molecule has 0 radical (unpaired) electrons. The Morgan fingerprint density at radius 3 is 2.12 bits per heavy atom. The maximum Gasteiger partial charge on any atom is 0.394 e. The van der Waals surface area contributed by atoms with Gasteiger partial charge < -0.3 is 20.2 Å². The molecule has 0 bridgehead atoms. The number of carbonyl (C=O) groups is 3. The van der Waals surface area contributed by atoms with Crippen molar-refractivity contribution in [2.45, 2.75) is 19.6 Å². The van der Waals surface area contributed by atoms with Crippen molar-refractivity contribution in [2.24, 2.45) is 0 Å². The van der Waals surface area contributed by atoms with Gasteiger partial charge in [0.2, 0.25) is 14.2 Å². The second-order valence-corrected chi connectivity index (χ2v) is 8.45. The van der Waals surface area contributed by atoms with Crippen molar-refractivity contribution < 1.29 is 23.9 Å². The fraction of sp³-hybridized carbons (Fsp3) is 0.625. The van der Waals surface area contributed by atoms with Gasteiger partial charge >= 0.3 is 12.1 Å². The third-order valence-corrected chi connectivity index (χ3v) is 2.03. The lowest BCUT2D eigenvalue weighted by molar-refractivity contribution is -0.137. The molecule has 92 valence electrons. The molecule has 3 N–H and O–H groups in total. The first-order valence-electron chi connectivity index (χ1n) is 4.66. The van der Waals surface area contributed by atoms with Crippen molar-refractivity contribution in [3.8, 4) is 0 Å². The number of hydrogen-bond acceptors (Lipinski definition) is 4. The minimum atomic E-state index is -1.97. The number of rotatable bonds is 5. The molecule has 0 rings (SSSR count). The van der Waals surface area contributed by atoms with Crippen molar-refractivity contribution in [3.05, 3.63) is 0 Å². The molecule has 0 aromatic carbocycles. The van der Waals surface area contributed by atoms with Gasteiger partial charge in [0.1, 0.15) is 6.54 Å². The average Bonchev–Trinajstić information content (AvgIpc) is 2.08. The molecular formula is C8H16N2O5Si. The topological polar surface area (TPSA) is 105 Å². The fourth-order valence-electron chi connectivity index (χ4n) is 0.703. The Kier molecular flexibility index (Phi) is 5.51. The maximum absolute atomic E-state index is 11.1. The lowest BCUT2D eigenvalue weighted by Crippen LogP contribution is -2.42. The number of amides is 2. The van der Waals surface area contributed by atoms with Gasteiger partial charge in [0, 0.05) is 0 Å². The molecule has 0 unspecified atom stereocenters. The highest BCUT2D eigenvalue weighted by atomic mass is 28.4. The predicted molar refractivity (Wildman–Crippen MR) is 58.5 cm³/mol. The second kappa shape index (κ2) is 6.11. The van der Waals surface area contributed by atoms with E-state index in [4.69, 9.17) is 9.53 Å². The molecule has 0 aliphatic rings. The van der Waals surface area contributed by atoms with E-state index in [0.717, 1.165) is 0 Å². The van der Waals surface area contributed by atoms with Crippen LogP contribution in [0.5, 0.6) is 0 Å². The van der Waals surface area contributed by atoms with Crippen LogP contribution in [0, 0.1) is 0 Å². The van der Waals surface area contributed by atoms with Gasteiger partial charge in [0.25, 0.3) is 0 Å².